The molecule has 1 heterocycles. The SMILES string of the molecule is CC1(C)[C@@H](N(O)C(=O)Nc2ccccc2)N(c2ccccc2)C(=O)N1C1CCCCC1. The van der Waals surface area contributed by atoms with Crippen LogP contribution in [0.2, 0.25) is 0 Å². The van der Waals surface area contributed by atoms with E-state index in [-0.39, 0.29) is 12.1 Å². The van der Waals surface area contributed by atoms with Crippen molar-refractivity contribution in [3.63, 3.8) is 0 Å². The number of urea groups is 2. The summed E-state index contributed by atoms with van der Waals surface area (Å²) < 4.78 is 0. The van der Waals surface area contributed by atoms with Crippen molar-refractivity contribution < 1.29 is 14.8 Å². The predicted octanol–water partition coefficient (Wildman–Crippen LogP) is 5.29. The number of nitrogens with one attached hydrogen (secondary N) is 1. The maximum Gasteiger partial charge on any atom is 0.347 e. The monoisotopic (exact) mass is 422 g/mol. The largest absolute Gasteiger partial charge is 0.347 e. The molecular formula is C24H30N4O3. The van der Waals surface area contributed by atoms with E-state index in [1.165, 1.54) is 6.42 Å². The van der Waals surface area contributed by atoms with Crippen LogP contribution in [0.15, 0.2) is 60.7 Å². The minimum atomic E-state index is -0.881. The lowest BCUT2D eigenvalue weighted by Gasteiger charge is -2.42. The summed E-state index contributed by atoms with van der Waals surface area (Å²) in [7, 11) is 0. The molecule has 31 heavy (non-hydrogen) atoms. The third-order valence-electron chi connectivity index (χ3n) is 6.35. The fourth-order valence-corrected chi connectivity index (χ4v) is 4.94. The maximum atomic E-state index is 13.7. The van der Waals surface area contributed by atoms with Crippen LogP contribution in [0.25, 0.3) is 0 Å². The highest BCUT2D eigenvalue weighted by molar-refractivity contribution is 5.98. The topological polar surface area (TPSA) is 76.1 Å². The van der Waals surface area contributed by atoms with Gasteiger partial charge in [0.1, 0.15) is 0 Å². The van der Waals surface area contributed by atoms with E-state index in [0.717, 1.165) is 25.7 Å². The van der Waals surface area contributed by atoms with Crippen molar-refractivity contribution in [3.05, 3.63) is 60.7 Å². The number of anilines is 2. The number of amides is 4. The van der Waals surface area contributed by atoms with Crippen LogP contribution < -0.4 is 10.2 Å². The van der Waals surface area contributed by atoms with Crippen LogP contribution in [0.4, 0.5) is 21.0 Å². The third-order valence-corrected chi connectivity index (χ3v) is 6.35. The molecule has 164 valence electrons. The molecule has 0 radical (unpaired) electrons. The van der Waals surface area contributed by atoms with E-state index in [9.17, 15) is 14.8 Å². The van der Waals surface area contributed by atoms with E-state index >= 15 is 0 Å². The number of hydrogen-bond acceptors (Lipinski definition) is 3. The van der Waals surface area contributed by atoms with Gasteiger partial charge in [-0.05, 0) is 51.0 Å². The van der Waals surface area contributed by atoms with E-state index in [1.54, 1.807) is 29.2 Å². The van der Waals surface area contributed by atoms with E-state index in [2.05, 4.69) is 5.32 Å². The average molecular weight is 423 g/mol. The predicted molar refractivity (Wildman–Crippen MR) is 120 cm³/mol. The molecule has 0 aromatic heterocycles. The lowest BCUT2D eigenvalue weighted by Crippen LogP contribution is -2.59. The van der Waals surface area contributed by atoms with Gasteiger partial charge in [0.2, 0.25) is 0 Å². The zero-order chi connectivity index (χ0) is 22.0. The van der Waals surface area contributed by atoms with E-state index in [4.69, 9.17) is 0 Å². The third kappa shape index (κ3) is 3.97. The number of para-hydroxylation sites is 2. The Kier molecular flexibility index (Phi) is 5.87. The van der Waals surface area contributed by atoms with Gasteiger partial charge in [-0.25, -0.2) is 9.59 Å². The van der Waals surface area contributed by atoms with Crippen LogP contribution in [0.5, 0.6) is 0 Å². The number of rotatable bonds is 4. The molecule has 0 spiro atoms. The van der Waals surface area contributed by atoms with Gasteiger partial charge in [0.25, 0.3) is 0 Å². The van der Waals surface area contributed by atoms with Gasteiger partial charge in [-0.1, -0.05) is 55.7 Å². The number of nitrogens with zero attached hydrogens (tertiary/aromatic N) is 3. The van der Waals surface area contributed by atoms with Crippen LogP contribution in [0.1, 0.15) is 46.0 Å². The van der Waals surface area contributed by atoms with Crippen molar-refractivity contribution in [2.45, 2.75) is 63.7 Å². The number of carbonyl (C=O) groups excluding carboxylic acids is 2. The highest BCUT2D eigenvalue weighted by Crippen LogP contribution is 2.41. The van der Waals surface area contributed by atoms with Crippen molar-refractivity contribution in [1.29, 1.82) is 0 Å². The fourth-order valence-electron chi connectivity index (χ4n) is 4.94. The molecule has 2 aromatic rings. The smallest absolute Gasteiger partial charge is 0.312 e. The minimum Gasteiger partial charge on any atom is -0.312 e. The highest BCUT2D eigenvalue weighted by atomic mass is 16.5. The first kappa shape index (κ1) is 21.2. The first-order chi connectivity index (χ1) is 14.9. The van der Waals surface area contributed by atoms with Gasteiger partial charge in [-0.3, -0.25) is 10.1 Å². The summed E-state index contributed by atoms with van der Waals surface area (Å²) in [6.45, 7) is 3.85. The highest BCUT2D eigenvalue weighted by Gasteiger charge is 2.57. The molecule has 4 rings (SSSR count). The van der Waals surface area contributed by atoms with E-state index < -0.39 is 17.7 Å². The van der Waals surface area contributed by atoms with Crippen LogP contribution in [0.3, 0.4) is 0 Å². The van der Waals surface area contributed by atoms with Crippen molar-refractivity contribution >= 4 is 23.4 Å². The molecule has 2 fully saturated rings. The Bertz CT molecular complexity index is 913. The standard InChI is InChI=1S/C24H30N4O3/c1-24(2)21(28(31)22(29)25-18-12-6-3-7-13-18)26(19-14-8-4-9-15-19)23(30)27(24)20-16-10-5-11-17-20/h3-4,6-9,12-15,20-21,31H,5,10-11,16-17H2,1-2H3,(H,25,29)/t21-/m1/s1. The normalized spacial score (nSPS) is 21.3. The molecule has 1 aliphatic carbocycles. The van der Waals surface area contributed by atoms with E-state index in [1.807, 2.05) is 55.1 Å². The van der Waals surface area contributed by atoms with Gasteiger partial charge in [-0.2, -0.15) is 5.06 Å². The summed E-state index contributed by atoms with van der Waals surface area (Å²) in [6, 6.07) is 17.4. The molecule has 1 saturated carbocycles. The Morgan fingerprint density at radius 3 is 2.19 bits per heavy atom. The number of hydroxylamine groups is 2. The van der Waals surface area contributed by atoms with Gasteiger partial charge < -0.3 is 10.2 Å². The van der Waals surface area contributed by atoms with Gasteiger partial charge >= 0.3 is 12.1 Å². The Hall–Kier alpha value is -3.06. The van der Waals surface area contributed by atoms with Crippen LogP contribution >= 0.6 is 0 Å². The van der Waals surface area contributed by atoms with Crippen LogP contribution in [-0.4, -0.2) is 45.0 Å². The molecule has 2 aliphatic rings. The summed E-state index contributed by atoms with van der Waals surface area (Å²) in [5.74, 6) is 0. The minimum absolute atomic E-state index is 0.0954. The Morgan fingerprint density at radius 2 is 1.58 bits per heavy atom. The number of hydrogen-bond donors (Lipinski definition) is 2. The molecule has 4 amide bonds. The maximum absolute atomic E-state index is 13.7. The second-order valence-electron chi connectivity index (χ2n) is 8.82. The summed E-state index contributed by atoms with van der Waals surface area (Å²) in [6.07, 6.45) is 4.33. The summed E-state index contributed by atoms with van der Waals surface area (Å²) in [5.41, 5.74) is 0.428. The molecular weight excluding hydrogens is 392 g/mol. The first-order valence-electron chi connectivity index (χ1n) is 10.9. The first-order valence-corrected chi connectivity index (χ1v) is 10.9. The average Bonchev–Trinajstić information content (AvgIpc) is 3.00. The van der Waals surface area contributed by atoms with Gasteiger partial charge in [-0.15, -0.1) is 0 Å². The molecule has 7 heteroatoms. The number of benzene rings is 2. The molecule has 2 N–H and O–H groups in total. The van der Waals surface area contributed by atoms with Crippen molar-refractivity contribution in [2.75, 3.05) is 10.2 Å². The number of carbonyl (C=O) groups is 2. The van der Waals surface area contributed by atoms with Crippen LogP contribution in [0, 0.1) is 0 Å². The van der Waals surface area contributed by atoms with Crippen LogP contribution in [-0.2, 0) is 0 Å². The van der Waals surface area contributed by atoms with Crippen molar-refractivity contribution in [2.24, 2.45) is 0 Å². The summed E-state index contributed by atoms with van der Waals surface area (Å²) in [4.78, 5) is 30.1. The quantitative estimate of drug-likeness (QED) is 0.519. The van der Waals surface area contributed by atoms with Crippen molar-refractivity contribution in [3.8, 4) is 0 Å². The molecule has 1 saturated heterocycles. The zero-order valence-electron chi connectivity index (χ0n) is 18.1. The van der Waals surface area contributed by atoms with Gasteiger partial charge in [0, 0.05) is 17.4 Å². The lowest BCUT2D eigenvalue weighted by atomic mass is 9.90. The Morgan fingerprint density at radius 1 is 1.00 bits per heavy atom. The Labute approximate surface area is 183 Å². The molecule has 2 aromatic carbocycles. The second kappa shape index (κ2) is 8.59. The molecule has 7 nitrogen and oxygen atoms in total. The second-order valence-corrected chi connectivity index (χ2v) is 8.82. The summed E-state index contributed by atoms with van der Waals surface area (Å²) in [5, 5.41) is 14.5. The van der Waals surface area contributed by atoms with Crippen molar-refractivity contribution in [1.82, 2.24) is 9.96 Å². The molecule has 1 atom stereocenters. The zero-order valence-corrected chi connectivity index (χ0v) is 18.1. The fraction of sp³-hybridized carbons (Fsp3) is 0.417. The molecule has 0 unspecified atom stereocenters. The van der Waals surface area contributed by atoms with E-state index in [0.29, 0.717) is 16.4 Å². The molecule has 1 aliphatic heterocycles. The van der Waals surface area contributed by atoms with Gasteiger partial charge in [0.05, 0.1) is 5.54 Å². The Balaban J connectivity index is 1.69. The summed E-state index contributed by atoms with van der Waals surface area (Å²) >= 11 is 0. The lowest BCUT2D eigenvalue weighted by molar-refractivity contribution is -0.0986. The molecule has 0 bridgehead atoms. The van der Waals surface area contributed by atoms with Gasteiger partial charge in [0.15, 0.2) is 6.17 Å².